The normalized spacial score (nSPS) is 10.5. The van der Waals surface area contributed by atoms with E-state index < -0.39 is 0 Å². The van der Waals surface area contributed by atoms with Gasteiger partial charge < -0.3 is 10.6 Å². The first-order chi connectivity index (χ1) is 9.16. The summed E-state index contributed by atoms with van der Waals surface area (Å²) in [5, 5.41) is 11.5. The summed E-state index contributed by atoms with van der Waals surface area (Å²) in [7, 11) is 3.76. The molecule has 2 aromatic heterocycles. The molecule has 0 amide bonds. The highest BCUT2D eigenvalue weighted by atomic mass is 32.2. The summed E-state index contributed by atoms with van der Waals surface area (Å²) in [5.41, 5.74) is 2.01. The number of nitrogens with one attached hydrogen (secondary N) is 2. The molecule has 0 bridgehead atoms. The molecule has 0 fully saturated rings. The van der Waals surface area contributed by atoms with Gasteiger partial charge in [-0.3, -0.25) is 4.68 Å². The molecule has 0 aliphatic carbocycles. The zero-order valence-corrected chi connectivity index (χ0v) is 12.4. The van der Waals surface area contributed by atoms with Gasteiger partial charge in [-0.1, -0.05) is 18.7 Å². The molecule has 0 unspecified atom stereocenters. The van der Waals surface area contributed by atoms with E-state index in [9.17, 15) is 0 Å². The highest BCUT2D eigenvalue weighted by molar-refractivity contribution is 7.98. The van der Waals surface area contributed by atoms with E-state index in [0.29, 0.717) is 0 Å². The van der Waals surface area contributed by atoms with Gasteiger partial charge in [-0.15, -0.1) is 0 Å². The first-order valence-corrected chi connectivity index (χ1v) is 7.29. The van der Waals surface area contributed by atoms with E-state index in [1.54, 1.807) is 4.68 Å². The summed E-state index contributed by atoms with van der Waals surface area (Å²) in [4.78, 5) is 8.78. The van der Waals surface area contributed by atoms with Crippen LogP contribution in [0.1, 0.15) is 12.6 Å². The number of thioether (sulfide) groups is 1. The molecule has 0 saturated carbocycles. The SMILES string of the molecule is CCc1nn(C)cc1Nc1cc(NC)nc(SC)n1. The Hall–Kier alpha value is -1.76. The number of hydrogen-bond acceptors (Lipinski definition) is 6. The second-order valence-corrected chi connectivity index (χ2v) is 4.79. The summed E-state index contributed by atoms with van der Waals surface area (Å²) in [6, 6.07) is 1.88. The Morgan fingerprint density at radius 3 is 2.68 bits per heavy atom. The van der Waals surface area contributed by atoms with E-state index in [1.807, 2.05) is 32.6 Å². The van der Waals surface area contributed by atoms with Gasteiger partial charge in [-0.25, -0.2) is 9.97 Å². The van der Waals surface area contributed by atoms with Gasteiger partial charge >= 0.3 is 0 Å². The van der Waals surface area contributed by atoms with E-state index in [2.05, 4.69) is 32.6 Å². The molecule has 2 heterocycles. The standard InChI is InChI=1S/C12H18N6S/c1-5-8-9(7-18(3)17-8)14-11-6-10(13-2)15-12(16-11)19-4/h6-7H,5H2,1-4H3,(H2,13,14,15,16). The fourth-order valence-electron chi connectivity index (χ4n) is 1.75. The highest BCUT2D eigenvalue weighted by Crippen LogP contribution is 2.22. The average Bonchev–Trinajstić information content (AvgIpc) is 2.78. The van der Waals surface area contributed by atoms with Crippen molar-refractivity contribution in [3.05, 3.63) is 18.0 Å². The van der Waals surface area contributed by atoms with Gasteiger partial charge in [-0.2, -0.15) is 5.10 Å². The molecule has 0 atom stereocenters. The van der Waals surface area contributed by atoms with Crippen LogP contribution >= 0.6 is 11.8 Å². The van der Waals surface area contributed by atoms with Gasteiger partial charge in [0.2, 0.25) is 0 Å². The Balaban J connectivity index is 2.31. The van der Waals surface area contributed by atoms with E-state index in [4.69, 9.17) is 0 Å². The van der Waals surface area contributed by atoms with Crippen LogP contribution in [0.25, 0.3) is 0 Å². The Kier molecular flexibility index (Phi) is 4.26. The molecule has 2 rings (SSSR count). The molecular weight excluding hydrogens is 260 g/mol. The van der Waals surface area contributed by atoms with Crippen LogP contribution in [0.3, 0.4) is 0 Å². The Morgan fingerprint density at radius 1 is 1.32 bits per heavy atom. The lowest BCUT2D eigenvalue weighted by atomic mass is 10.3. The second-order valence-electron chi connectivity index (χ2n) is 4.02. The van der Waals surface area contributed by atoms with Crippen LogP contribution in [0, 0.1) is 0 Å². The number of nitrogens with zero attached hydrogens (tertiary/aromatic N) is 4. The number of rotatable bonds is 5. The van der Waals surface area contributed by atoms with Crippen molar-refractivity contribution in [1.82, 2.24) is 19.7 Å². The number of anilines is 3. The smallest absolute Gasteiger partial charge is 0.191 e. The largest absolute Gasteiger partial charge is 0.373 e. The van der Waals surface area contributed by atoms with E-state index >= 15 is 0 Å². The van der Waals surface area contributed by atoms with Crippen LogP contribution in [-0.4, -0.2) is 33.1 Å². The van der Waals surface area contributed by atoms with Crippen molar-refractivity contribution in [2.45, 2.75) is 18.5 Å². The minimum Gasteiger partial charge on any atom is -0.373 e. The van der Waals surface area contributed by atoms with Gasteiger partial charge in [-0.05, 0) is 12.7 Å². The fourth-order valence-corrected chi connectivity index (χ4v) is 2.13. The molecule has 6 nitrogen and oxygen atoms in total. The third-order valence-corrected chi connectivity index (χ3v) is 3.19. The molecule has 0 aromatic carbocycles. The summed E-state index contributed by atoms with van der Waals surface area (Å²) in [5.74, 6) is 1.56. The third-order valence-electron chi connectivity index (χ3n) is 2.65. The van der Waals surface area contributed by atoms with Crippen LogP contribution in [-0.2, 0) is 13.5 Å². The summed E-state index contributed by atoms with van der Waals surface area (Å²) < 4.78 is 1.80. The topological polar surface area (TPSA) is 67.7 Å². The van der Waals surface area contributed by atoms with Crippen molar-refractivity contribution in [2.75, 3.05) is 23.9 Å². The lowest BCUT2D eigenvalue weighted by Gasteiger charge is -2.08. The third kappa shape index (κ3) is 3.17. The Morgan fingerprint density at radius 2 is 2.05 bits per heavy atom. The first kappa shape index (κ1) is 13.7. The molecule has 0 radical (unpaired) electrons. The summed E-state index contributed by atoms with van der Waals surface area (Å²) in [6.07, 6.45) is 4.79. The van der Waals surface area contributed by atoms with Crippen molar-refractivity contribution in [1.29, 1.82) is 0 Å². The van der Waals surface area contributed by atoms with Crippen molar-refractivity contribution in [2.24, 2.45) is 7.05 Å². The minimum absolute atomic E-state index is 0.733. The lowest BCUT2D eigenvalue weighted by Crippen LogP contribution is -2.01. The van der Waals surface area contributed by atoms with Gasteiger partial charge in [0.15, 0.2) is 5.16 Å². The second kappa shape index (κ2) is 5.92. The maximum absolute atomic E-state index is 4.44. The quantitative estimate of drug-likeness (QED) is 0.646. The average molecular weight is 278 g/mol. The molecule has 0 aliphatic heterocycles. The van der Waals surface area contributed by atoms with Crippen LogP contribution < -0.4 is 10.6 Å². The zero-order chi connectivity index (χ0) is 13.8. The maximum atomic E-state index is 4.44. The first-order valence-electron chi connectivity index (χ1n) is 6.06. The molecule has 2 aromatic rings. The predicted octanol–water partition coefficient (Wildman–Crippen LogP) is 2.28. The van der Waals surface area contributed by atoms with Crippen molar-refractivity contribution < 1.29 is 0 Å². The van der Waals surface area contributed by atoms with Crippen LogP contribution in [0.4, 0.5) is 17.3 Å². The number of hydrogen-bond donors (Lipinski definition) is 2. The van der Waals surface area contributed by atoms with Gasteiger partial charge in [0.25, 0.3) is 0 Å². The van der Waals surface area contributed by atoms with E-state index in [1.165, 1.54) is 11.8 Å². The molecule has 19 heavy (non-hydrogen) atoms. The van der Waals surface area contributed by atoms with Crippen LogP contribution in [0.15, 0.2) is 17.4 Å². The number of aromatic nitrogens is 4. The van der Waals surface area contributed by atoms with Crippen molar-refractivity contribution >= 4 is 29.1 Å². The predicted molar refractivity (Wildman–Crippen MR) is 79.2 cm³/mol. The molecule has 7 heteroatoms. The summed E-state index contributed by atoms with van der Waals surface area (Å²) >= 11 is 1.52. The Labute approximate surface area is 117 Å². The fraction of sp³-hybridized carbons (Fsp3) is 0.417. The van der Waals surface area contributed by atoms with Crippen LogP contribution in [0.5, 0.6) is 0 Å². The molecule has 0 aliphatic rings. The maximum Gasteiger partial charge on any atom is 0.191 e. The Bertz CT molecular complexity index is 543. The van der Waals surface area contributed by atoms with E-state index in [-0.39, 0.29) is 0 Å². The highest BCUT2D eigenvalue weighted by Gasteiger charge is 2.08. The number of aryl methyl sites for hydroxylation is 2. The van der Waals surface area contributed by atoms with Crippen molar-refractivity contribution in [3.63, 3.8) is 0 Å². The van der Waals surface area contributed by atoms with Gasteiger partial charge in [0, 0.05) is 26.4 Å². The molecule has 2 N–H and O–H groups in total. The molecule has 0 saturated heterocycles. The van der Waals surface area contributed by atoms with Crippen molar-refractivity contribution in [3.8, 4) is 0 Å². The van der Waals surface area contributed by atoms with Gasteiger partial charge in [0.1, 0.15) is 11.6 Å². The lowest BCUT2D eigenvalue weighted by molar-refractivity contribution is 0.746. The van der Waals surface area contributed by atoms with Gasteiger partial charge in [0.05, 0.1) is 11.4 Å². The minimum atomic E-state index is 0.733. The zero-order valence-electron chi connectivity index (χ0n) is 11.6. The van der Waals surface area contributed by atoms with Crippen LogP contribution in [0.2, 0.25) is 0 Å². The molecule has 102 valence electrons. The molecule has 0 spiro atoms. The molecular formula is C12H18N6S. The van der Waals surface area contributed by atoms with E-state index in [0.717, 1.165) is 34.6 Å². The monoisotopic (exact) mass is 278 g/mol. The summed E-state index contributed by atoms with van der Waals surface area (Å²) in [6.45, 7) is 2.08.